The molecule has 0 radical (unpaired) electrons. The Morgan fingerprint density at radius 3 is 2.88 bits per heavy atom. The van der Waals surface area contributed by atoms with E-state index in [1.54, 1.807) is 17.0 Å². The van der Waals surface area contributed by atoms with Crippen LogP contribution in [0.3, 0.4) is 0 Å². The zero-order valence-electron chi connectivity index (χ0n) is 8.75. The van der Waals surface area contributed by atoms with Crippen LogP contribution in [-0.4, -0.2) is 32.4 Å². The van der Waals surface area contributed by atoms with E-state index in [-0.39, 0.29) is 11.5 Å². The van der Waals surface area contributed by atoms with Crippen molar-refractivity contribution in [1.29, 1.82) is 0 Å². The fourth-order valence-corrected chi connectivity index (χ4v) is 1.42. The number of nitrogens with zero attached hydrogens (tertiary/aromatic N) is 3. The quantitative estimate of drug-likeness (QED) is 0.668. The molecule has 16 heavy (non-hydrogen) atoms. The summed E-state index contributed by atoms with van der Waals surface area (Å²) in [4.78, 5) is 5.76. The second-order valence-electron chi connectivity index (χ2n) is 3.45. The molecule has 0 unspecified atom stereocenters. The number of anilines is 1. The normalized spacial score (nSPS) is 10.3. The Bertz CT molecular complexity index is 470. The lowest BCUT2D eigenvalue weighted by atomic mass is 10.2. The maximum absolute atomic E-state index is 9.62. The molecule has 2 rings (SSSR count). The van der Waals surface area contributed by atoms with Crippen LogP contribution in [0.5, 0.6) is 11.5 Å². The number of benzene rings is 1. The predicted molar refractivity (Wildman–Crippen MR) is 58.3 cm³/mol. The van der Waals surface area contributed by atoms with Crippen molar-refractivity contribution in [3.63, 3.8) is 0 Å². The summed E-state index contributed by atoms with van der Waals surface area (Å²) in [6.45, 7) is 0.426. The Morgan fingerprint density at radius 2 is 2.19 bits per heavy atom. The molecule has 1 aromatic carbocycles. The van der Waals surface area contributed by atoms with E-state index in [1.807, 2.05) is 7.05 Å². The van der Waals surface area contributed by atoms with E-state index >= 15 is 0 Å². The fraction of sp³-hybridized carbons (Fsp3) is 0.200. The van der Waals surface area contributed by atoms with Crippen molar-refractivity contribution in [3.8, 4) is 11.5 Å². The Kier molecular flexibility index (Phi) is 2.63. The molecule has 3 N–H and O–H groups in total. The predicted octanol–water partition coefficient (Wildman–Crippen LogP) is 0.852. The van der Waals surface area contributed by atoms with Gasteiger partial charge in [-0.05, 0) is 6.07 Å². The topological polar surface area (TPSA) is 85.3 Å². The number of hydrogen-bond donors (Lipinski definition) is 3. The highest BCUT2D eigenvalue weighted by atomic mass is 16.3. The highest BCUT2D eigenvalue weighted by Crippen LogP contribution is 2.29. The molecule has 0 saturated carbocycles. The lowest BCUT2D eigenvalue weighted by molar-refractivity contribution is 0.399. The van der Waals surface area contributed by atoms with Gasteiger partial charge in [0.05, 0.1) is 0 Å². The van der Waals surface area contributed by atoms with E-state index in [0.29, 0.717) is 18.1 Å². The zero-order valence-corrected chi connectivity index (χ0v) is 8.75. The summed E-state index contributed by atoms with van der Waals surface area (Å²) in [6, 6.07) is 4.85. The molecule has 0 fully saturated rings. The van der Waals surface area contributed by atoms with E-state index in [9.17, 15) is 10.2 Å². The molecule has 1 aromatic heterocycles. The summed E-state index contributed by atoms with van der Waals surface area (Å²) >= 11 is 0. The van der Waals surface area contributed by atoms with Crippen molar-refractivity contribution in [1.82, 2.24) is 15.2 Å². The van der Waals surface area contributed by atoms with Crippen LogP contribution in [0.4, 0.5) is 5.95 Å². The standard InChI is InChI=1S/C10H12N4O2/c1-14(10-11-6-12-13-10)5-7-3-2-4-8(15)9(7)16/h2-4,6,15-16H,5H2,1H3,(H,11,12,13). The molecule has 0 aliphatic rings. The number of hydrogen-bond acceptors (Lipinski definition) is 5. The van der Waals surface area contributed by atoms with Crippen LogP contribution in [-0.2, 0) is 6.54 Å². The molecule has 0 amide bonds. The van der Waals surface area contributed by atoms with Gasteiger partial charge in [0.1, 0.15) is 6.33 Å². The monoisotopic (exact) mass is 220 g/mol. The smallest absolute Gasteiger partial charge is 0.221 e. The van der Waals surface area contributed by atoms with Gasteiger partial charge in [-0.15, -0.1) is 0 Å². The first-order valence-corrected chi connectivity index (χ1v) is 4.75. The van der Waals surface area contributed by atoms with Gasteiger partial charge in [-0.1, -0.05) is 12.1 Å². The molecule has 0 atom stereocenters. The molecule has 1 heterocycles. The SMILES string of the molecule is CN(Cc1cccc(O)c1O)c1ncn[nH]1. The molecule has 6 heteroatoms. The summed E-state index contributed by atoms with van der Waals surface area (Å²) < 4.78 is 0. The number of para-hydroxylation sites is 1. The third kappa shape index (κ3) is 1.90. The second kappa shape index (κ2) is 4.09. The molecule has 0 bridgehead atoms. The van der Waals surface area contributed by atoms with Crippen molar-refractivity contribution in [2.75, 3.05) is 11.9 Å². The van der Waals surface area contributed by atoms with Crippen molar-refractivity contribution < 1.29 is 10.2 Å². The van der Waals surface area contributed by atoms with Gasteiger partial charge in [0.25, 0.3) is 0 Å². The minimum Gasteiger partial charge on any atom is -0.504 e. The Hall–Kier alpha value is -2.24. The van der Waals surface area contributed by atoms with Gasteiger partial charge in [-0.2, -0.15) is 10.1 Å². The Morgan fingerprint density at radius 1 is 1.38 bits per heavy atom. The lowest BCUT2D eigenvalue weighted by Gasteiger charge is -2.16. The first kappa shape index (κ1) is 10.3. The van der Waals surface area contributed by atoms with Gasteiger partial charge in [0, 0.05) is 19.2 Å². The maximum Gasteiger partial charge on any atom is 0.221 e. The third-order valence-electron chi connectivity index (χ3n) is 2.27. The number of aromatic nitrogens is 3. The summed E-state index contributed by atoms with van der Waals surface area (Å²) in [5.41, 5.74) is 0.624. The highest BCUT2D eigenvalue weighted by Gasteiger charge is 2.10. The van der Waals surface area contributed by atoms with Gasteiger partial charge >= 0.3 is 0 Å². The molecule has 0 saturated heterocycles. The minimum absolute atomic E-state index is 0.103. The average Bonchev–Trinajstić information content (AvgIpc) is 2.78. The molecular formula is C10H12N4O2. The summed E-state index contributed by atoms with van der Waals surface area (Å²) in [5.74, 6) is 0.375. The number of phenols is 2. The lowest BCUT2D eigenvalue weighted by Crippen LogP contribution is -2.17. The van der Waals surface area contributed by atoms with Crippen LogP contribution in [0.1, 0.15) is 5.56 Å². The number of aromatic amines is 1. The summed E-state index contributed by atoms with van der Waals surface area (Å²) in [6.07, 6.45) is 1.41. The molecule has 84 valence electrons. The van der Waals surface area contributed by atoms with Crippen LogP contribution in [0.25, 0.3) is 0 Å². The Balaban J connectivity index is 2.18. The van der Waals surface area contributed by atoms with Crippen molar-refractivity contribution in [2.45, 2.75) is 6.54 Å². The number of H-pyrrole nitrogens is 1. The van der Waals surface area contributed by atoms with Gasteiger partial charge in [-0.3, -0.25) is 0 Å². The minimum atomic E-state index is -0.122. The number of aromatic hydroxyl groups is 2. The van der Waals surface area contributed by atoms with Crippen molar-refractivity contribution in [3.05, 3.63) is 30.1 Å². The van der Waals surface area contributed by atoms with Crippen LogP contribution in [0.2, 0.25) is 0 Å². The van der Waals surface area contributed by atoms with Gasteiger partial charge in [-0.25, -0.2) is 5.10 Å². The largest absolute Gasteiger partial charge is 0.504 e. The molecule has 6 nitrogen and oxygen atoms in total. The van der Waals surface area contributed by atoms with Gasteiger partial charge in [0.15, 0.2) is 11.5 Å². The van der Waals surface area contributed by atoms with Crippen LogP contribution < -0.4 is 4.90 Å². The van der Waals surface area contributed by atoms with E-state index < -0.39 is 0 Å². The van der Waals surface area contributed by atoms with E-state index in [1.165, 1.54) is 12.4 Å². The van der Waals surface area contributed by atoms with Crippen LogP contribution >= 0.6 is 0 Å². The molecule has 0 spiro atoms. The molecule has 2 aromatic rings. The molecular weight excluding hydrogens is 208 g/mol. The highest BCUT2D eigenvalue weighted by molar-refractivity contribution is 5.46. The fourth-order valence-electron chi connectivity index (χ4n) is 1.42. The third-order valence-corrected chi connectivity index (χ3v) is 2.27. The van der Waals surface area contributed by atoms with E-state index in [0.717, 1.165) is 0 Å². The summed E-state index contributed by atoms with van der Waals surface area (Å²) in [7, 11) is 1.81. The Labute approximate surface area is 92.2 Å². The number of nitrogens with one attached hydrogen (secondary N) is 1. The van der Waals surface area contributed by atoms with Crippen LogP contribution in [0, 0.1) is 0 Å². The second-order valence-corrected chi connectivity index (χ2v) is 3.45. The molecule has 0 aliphatic heterocycles. The van der Waals surface area contributed by atoms with Crippen molar-refractivity contribution >= 4 is 5.95 Å². The molecule has 0 aliphatic carbocycles. The van der Waals surface area contributed by atoms with Gasteiger partial charge < -0.3 is 15.1 Å². The zero-order chi connectivity index (χ0) is 11.5. The van der Waals surface area contributed by atoms with E-state index in [4.69, 9.17) is 0 Å². The number of rotatable bonds is 3. The van der Waals surface area contributed by atoms with E-state index in [2.05, 4.69) is 15.2 Å². The average molecular weight is 220 g/mol. The van der Waals surface area contributed by atoms with Gasteiger partial charge in [0.2, 0.25) is 5.95 Å². The maximum atomic E-state index is 9.62. The van der Waals surface area contributed by atoms with Crippen LogP contribution in [0.15, 0.2) is 24.5 Å². The first-order chi connectivity index (χ1) is 7.68. The summed E-state index contributed by atoms with van der Waals surface area (Å²) in [5, 5.41) is 25.4. The van der Waals surface area contributed by atoms with Crippen molar-refractivity contribution in [2.24, 2.45) is 0 Å². The number of phenolic OH excluding ortho intramolecular Hbond substituents is 2. The first-order valence-electron chi connectivity index (χ1n) is 4.75.